The lowest BCUT2D eigenvalue weighted by Gasteiger charge is -2.23. The Morgan fingerprint density at radius 3 is 2.38 bits per heavy atom. The summed E-state index contributed by atoms with van der Waals surface area (Å²) < 4.78 is 25.0. The molecule has 0 aromatic heterocycles. The van der Waals surface area contributed by atoms with Gasteiger partial charge in [-0.05, 0) is 25.1 Å². The van der Waals surface area contributed by atoms with Crippen molar-refractivity contribution in [2.45, 2.75) is 27.7 Å². The van der Waals surface area contributed by atoms with Gasteiger partial charge >= 0.3 is 0 Å². The quantitative estimate of drug-likeness (QED) is 0.615. The molecule has 0 fully saturated rings. The highest BCUT2D eigenvalue weighted by Crippen LogP contribution is 2.30. The molecule has 24 heavy (non-hydrogen) atoms. The number of sulfonamides is 1. The van der Waals surface area contributed by atoms with Crippen LogP contribution in [0.4, 0.5) is 5.69 Å². The second-order valence-electron chi connectivity index (χ2n) is 6.35. The zero-order valence-corrected chi connectivity index (χ0v) is 16.6. The topological polar surface area (TPSA) is 78.8 Å². The van der Waals surface area contributed by atoms with Crippen LogP contribution in [-0.2, 0) is 14.8 Å². The number of halogens is 2. The number of benzene rings is 1. The van der Waals surface area contributed by atoms with E-state index >= 15 is 0 Å². The fraction of sp³-hybridized carbons (Fsp3) is 0.467. The third-order valence-electron chi connectivity index (χ3n) is 3.30. The third-order valence-corrected chi connectivity index (χ3v) is 4.98. The van der Waals surface area contributed by atoms with E-state index in [1.165, 1.54) is 18.2 Å². The van der Waals surface area contributed by atoms with Gasteiger partial charge in [0.05, 0.1) is 17.0 Å². The van der Waals surface area contributed by atoms with Gasteiger partial charge in [0.25, 0.3) is 5.91 Å². The minimum Gasteiger partial charge on any atom is -0.271 e. The number of anilines is 1. The molecule has 0 spiro atoms. The first-order chi connectivity index (χ1) is 10.8. The van der Waals surface area contributed by atoms with Gasteiger partial charge in [0.15, 0.2) is 0 Å². The molecule has 0 saturated carbocycles. The zero-order chi connectivity index (χ0) is 18.7. The molecular formula is C15H21Cl2N3O3S. The highest BCUT2D eigenvalue weighted by Gasteiger charge is 2.23. The normalized spacial score (nSPS) is 12.9. The lowest BCUT2D eigenvalue weighted by Crippen LogP contribution is -2.39. The van der Waals surface area contributed by atoms with E-state index in [1.807, 2.05) is 20.8 Å². The molecule has 0 unspecified atom stereocenters. The van der Waals surface area contributed by atoms with Gasteiger partial charge in [-0.1, -0.05) is 44.0 Å². The van der Waals surface area contributed by atoms with Gasteiger partial charge in [-0.3, -0.25) is 9.10 Å². The molecule has 6 nitrogen and oxygen atoms in total. The number of hydrazone groups is 1. The van der Waals surface area contributed by atoms with Crippen molar-refractivity contribution in [2.75, 3.05) is 17.1 Å². The molecule has 1 amide bonds. The van der Waals surface area contributed by atoms with E-state index in [0.717, 1.165) is 10.6 Å². The van der Waals surface area contributed by atoms with Gasteiger partial charge < -0.3 is 0 Å². The van der Waals surface area contributed by atoms with Crippen LogP contribution in [0.1, 0.15) is 27.7 Å². The smallest absolute Gasteiger partial charge is 0.260 e. The van der Waals surface area contributed by atoms with Crippen molar-refractivity contribution >= 4 is 50.5 Å². The average molecular weight is 394 g/mol. The van der Waals surface area contributed by atoms with Crippen molar-refractivity contribution in [3.8, 4) is 0 Å². The van der Waals surface area contributed by atoms with Gasteiger partial charge in [0.1, 0.15) is 6.54 Å². The highest BCUT2D eigenvalue weighted by atomic mass is 35.5. The summed E-state index contributed by atoms with van der Waals surface area (Å²) in [5.74, 6) is -0.583. The Balaban J connectivity index is 3.05. The van der Waals surface area contributed by atoms with Crippen molar-refractivity contribution in [1.29, 1.82) is 0 Å². The van der Waals surface area contributed by atoms with Crippen LogP contribution in [0.3, 0.4) is 0 Å². The lowest BCUT2D eigenvalue weighted by molar-refractivity contribution is -0.119. The molecule has 0 bridgehead atoms. The van der Waals surface area contributed by atoms with Crippen molar-refractivity contribution in [3.63, 3.8) is 0 Å². The van der Waals surface area contributed by atoms with Crippen LogP contribution in [0.5, 0.6) is 0 Å². The predicted octanol–water partition coefficient (Wildman–Crippen LogP) is 3.30. The number of carbonyl (C=O) groups excluding carboxylic acids is 1. The Kier molecular flexibility index (Phi) is 6.67. The Labute approximate surface area is 152 Å². The molecule has 0 radical (unpaired) electrons. The van der Waals surface area contributed by atoms with Gasteiger partial charge in [-0.15, -0.1) is 0 Å². The van der Waals surface area contributed by atoms with Crippen LogP contribution in [-0.4, -0.2) is 32.8 Å². The second-order valence-corrected chi connectivity index (χ2v) is 9.10. The first kappa shape index (κ1) is 20.7. The summed E-state index contributed by atoms with van der Waals surface area (Å²) in [6.07, 6.45) is 0.987. The number of amides is 1. The SMILES string of the molecule is C/C(=N\NC(=O)CN(c1cc(Cl)ccc1Cl)S(C)(=O)=O)C(C)(C)C. The standard InChI is InChI=1S/C15H21Cl2N3O3S/c1-10(15(2,3)4)18-19-14(21)9-20(24(5,22)23)13-8-11(16)6-7-12(13)17/h6-8H,9H2,1-5H3,(H,19,21)/b18-10+. The molecule has 0 atom stereocenters. The molecule has 0 heterocycles. The van der Waals surface area contributed by atoms with Crippen molar-refractivity contribution in [3.05, 3.63) is 28.2 Å². The maximum Gasteiger partial charge on any atom is 0.260 e. The molecule has 1 N–H and O–H groups in total. The second kappa shape index (κ2) is 7.72. The molecule has 1 aromatic carbocycles. The molecular weight excluding hydrogens is 373 g/mol. The van der Waals surface area contributed by atoms with E-state index in [4.69, 9.17) is 23.2 Å². The Morgan fingerprint density at radius 1 is 1.29 bits per heavy atom. The monoisotopic (exact) mass is 393 g/mol. The first-order valence-electron chi connectivity index (χ1n) is 7.08. The van der Waals surface area contributed by atoms with Gasteiger partial charge in [-0.25, -0.2) is 13.8 Å². The van der Waals surface area contributed by atoms with Gasteiger partial charge in [-0.2, -0.15) is 5.10 Å². The van der Waals surface area contributed by atoms with E-state index in [1.54, 1.807) is 6.92 Å². The number of nitrogens with one attached hydrogen (secondary N) is 1. The van der Waals surface area contributed by atoms with E-state index in [2.05, 4.69) is 10.5 Å². The summed E-state index contributed by atoms with van der Waals surface area (Å²) in [5, 5.41) is 4.48. The van der Waals surface area contributed by atoms with Gasteiger partial charge in [0.2, 0.25) is 10.0 Å². The molecule has 0 aliphatic carbocycles. The van der Waals surface area contributed by atoms with Crippen LogP contribution in [0.15, 0.2) is 23.3 Å². The van der Waals surface area contributed by atoms with E-state index in [-0.39, 0.29) is 16.1 Å². The summed E-state index contributed by atoms with van der Waals surface area (Å²) in [4.78, 5) is 12.1. The van der Waals surface area contributed by atoms with Crippen LogP contribution in [0, 0.1) is 5.41 Å². The van der Waals surface area contributed by atoms with Gasteiger partial charge in [0, 0.05) is 16.1 Å². The van der Waals surface area contributed by atoms with Crippen LogP contribution in [0.25, 0.3) is 0 Å². The number of rotatable bonds is 5. The Bertz CT molecular complexity index is 756. The van der Waals surface area contributed by atoms with Crippen LogP contribution in [0.2, 0.25) is 10.0 Å². The first-order valence-corrected chi connectivity index (χ1v) is 9.69. The zero-order valence-electron chi connectivity index (χ0n) is 14.2. The summed E-state index contributed by atoms with van der Waals surface area (Å²) in [6.45, 7) is 7.17. The largest absolute Gasteiger partial charge is 0.271 e. The van der Waals surface area contributed by atoms with Crippen molar-refractivity contribution in [2.24, 2.45) is 10.5 Å². The van der Waals surface area contributed by atoms with Crippen molar-refractivity contribution in [1.82, 2.24) is 5.43 Å². The molecule has 9 heteroatoms. The van der Waals surface area contributed by atoms with Crippen LogP contribution < -0.4 is 9.73 Å². The maximum absolute atomic E-state index is 12.1. The fourth-order valence-electron chi connectivity index (χ4n) is 1.54. The Hall–Kier alpha value is -1.31. The molecule has 0 saturated heterocycles. The van der Waals surface area contributed by atoms with E-state index in [0.29, 0.717) is 10.7 Å². The summed E-state index contributed by atoms with van der Waals surface area (Å²) in [7, 11) is -3.74. The molecule has 1 rings (SSSR count). The summed E-state index contributed by atoms with van der Waals surface area (Å²) >= 11 is 11.9. The lowest BCUT2D eigenvalue weighted by atomic mass is 9.91. The number of carbonyl (C=O) groups is 1. The number of hydrogen-bond donors (Lipinski definition) is 1. The third kappa shape index (κ3) is 5.96. The number of hydrogen-bond acceptors (Lipinski definition) is 4. The molecule has 134 valence electrons. The van der Waals surface area contributed by atoms with E-state index < -0.39 is 22.5 Å². The van der Waals surface area contributed by atoms with Crippen molar-refractivity contribution < 1.29 is 13.2 Å². The predicted molar refractivity (Wildman–Crippen MR) is 99.4 cm³/mol. The number of nitrogens with zero attached hydrogens (tertiary/aromatic N) is 2. The summed E-state index contributed by atoms with van der Waals surface area (Å²) in [5.41, 5.74) is 3.00. The minimum absolute atomic E-state index is 0.137. The molecule has 0 aliphatic rings. The average Bonchev–Trinajstić information content (AvgIpc) is 2.42. The molecule has 1 aromatic rings. The maximum atomic E-state index is 12.1. The summed E-state index contributed by atoms with van der Waals surface area (Å²) in [6, 6.07) is 4.39. The van der Waals surface area contributed by atoms with Crippen LogP contribution >= 0.6 is 23.2 Å². The fourth-order valence-corrected chi connectivity index (χ4v) is 2.83. The van der Waals surface area contributed by atoms with E-state index in [9.17, 15) is 13.2 Å². The minimum atomic E-state index is -3.74. The molecule has 0 aliphatic heterocycles. The Morgan fingerprint density at radius 2 is 1.88 bits per heavy atom. The highest BCUT2D eigenvalue weighted by molar-refractivity contribution is 7.92.